The van der Waals surface area contributed by atoms with Crippen LogP contribution in [0, 0.1) is 5.82 Å². The zero-order valence-electron chi connectivity index (χ0n) is 14.2. The summed E-state index contributed by atoms with van der Waals surface area (Å²) in [5.74, 6) is -0.172. The van der Waals surface area contributed by atoms with E-state index in [-0.39, 0.29) is 11.6 Å². The molecule has 4 rings (SSSR count). The van der Waals surface area contributed by atoms with E-state index in [2.05, 4.69) is 22.3 Å². The monoisotopic (exact) mass is 350 g/mol. The number of hydrogen-bond donors (Lipinski definition) is 1. The van der Waals surface area contributed by atoms with Gasteiger partial charge in [-0.3, -0.25) is 4.79 Å². The topological polar surface area (TPSA) is 45.5 Å². The van der Waals surface area contributed by atoms with Gasteiger partial charge >= 0.3 is 0 Å². The summed E-state index contributed by atoms with van der Waals surface area (Å²) in [4.78, 5) is 14.6. The molecule has 1 aliphatic heterocycles. The normalized spacial score (nSPS) is 14.1. The molecule has 0 spiro atoms. The van der Waals surface area contributed by atoms with Crippen molar-refractivity contribution in [3.63, 3.8) is 0 Å². The molecule has 1 amide bonds. The van der Waals surface area contributed by atoms with E-state index < -0.39 is 11.7 Å². The van der Waals surface area contributed by atoms with Crippen LogP contribution >= 0.6 is 0 Å². The van der Waals surface area contributed by atoms with Crippen molar-refractivity contribution in [1.29, 1.82) is 0 Å². The number of halogens is 1. The van der Waals surface area contributed by atoms with Crippen LogP contribution in [0.15, 0.2) is 71.3 Å². The largest absolute Gasteiger partial charge is 0.467 e. The molecule has 4 nitrogen and oxygen atoms in total. The lowest BCUT2D eigenvalue weighted by atomic mass is 10.1. The summed E-state index contributed by atoms with van der Waals surface area (Å²) in [6.45, 7) is 1.18. The van der Waals surface area contributed by atoms with E-state index in [0.717, 1.165) is 24.4 Å². The summed E-state index contributed by atoms with van der Waals surface area (Å²) in [5, 5.41) is 2.86. The minimum absolute atomic E-state index is 0.0486. The molecule has 0 fully saturated rings. The van der Waals surface area contributed by atoms with Crippen molar-refractivity contribution in [2.45, 2.75) is 12.5 Å². The van der Waals surface area contributed by atoms with E-state index in [1.54, 1.807) is 18.4 Å². The van der Waals surface area contributed by atoms with Crippen LogP contribution in [0.2, 0.25) is 0 Å². The number of para-hydroxylation sites is 1. The van der Waals surface area contributed by atoms with Gasteiger partial charge in [-0.15, -0.1) is 0 Å². The summed E-state index contributed by atoms with van der Waals surface area (Å²) >= 11 is 0. The Bertz CT molecular complexity index is 908. The van der Waals surface area contributed by atoms with Gasteiger partial charge in [0.1, 0.15) is 17.6 Å². The van der Waals surface area contributed by atoms with Crippen LogP contribution in [0.5, 0.6) is 0 Å². The number of hydrogen-bond acceptors (Lipinski definition) is 3. The number of amides is 1. The molecule has 2 aromatic carbocycles. The number of carbonyl (C=O) groups excluding carboxylic acids is 1. The second-order valence-corrected chi connectivity index (χ2v) is 6.29. The van der Waals surface area contributed by atoms with Crippen LogP contribution in [0.25, 0.3) is 0 Å². The van der Waals surface area contributed by atoms with Gasteiger partial charge in [0.05, 0.1) is 11.8 Å². The molecule has 5 heteroatoms. The highest BCUT2D eigenvalue weighted by Crippen LogP contribution is 2.34. The van der Waals surface area contributed by atoms with Gasteiger partial charge in [0.25, 0.3) is 5.91 Å². The molecule has 132 valence electrons. The highest BCUT2D eigenvalue weighted by Gasteiger charge is 2.29. The Hall–Kier alpha value is -3.08. The first-order chi connectivity index (χ1) is 12.7. The summed E-state index contributed by atoms with van der Waals surface area (Å²) in [6, 6.07) is 17.8. The summed E-state index contributed by atoms with van der Waals surface area (Å²) in [6.07, 6.45) is 2.58. The highest BCUT2D eigenvalue weighted by molar-refractivity contribution is 5.94. The Morgan fingerprint density at radius 3 is 2.73 bits per heavy atom. The average Bonchev–Trinajstić information content (AvgIpc) is 3.33. The lowest BCUT2D eigenvalue weighted by Gasteiger charge is -2.29. The molecule has 1 N–H and O–H groups in total. The fourth-order valence-electron chi connectivity index (χ4n) is 3.46. The first-order valence-corrected chi connectivity index (χ1v) is 8.65. The highest BCUT2D eigenvalue weighted by atomic mass is 19.1. The third kappa shape index (κ3) is 3.08. The predicted octanol–water partition coefficient (Wildman–Crippen LogP) is 3.95. The maximum Gasteiger partial charge on any atom is 0.254 e. The van der Waals surface area contributed by atoms with Crippen LogP contribution in [0.4, 0.5) is 10.1 Å². The molecule has 1 aromatic heterocycles. The number of benzene rings is 2. The molecule has 0 unspecified atom stereocenters. The van der Waals surface area contributed by atoms with Crippen LogP contribution in [-0.2, 0) is 6.42 Å². The van der Waals surface area contributed by atoms with Gasteiger partial charge in [-0.2, -0.15) is 0 Å². The molecule has 2 heterocycles. The second kappa shape index (κ2) is 7.04. The second-order valence-electron chi connectivity index (χ2n) is 6.29. The van der Waals surface area contributed by atoms with Gasteiger partial charge in [0, 0.05) is 18.8 Å². The first-order valence-electron chi connectivity index (χ1n) is 8.65. The third-order valence-electron chi connectivity index (χ3n) is 4.75. The standard InChI is InChI=1S/C21H19FN2O2/c22-17-8-3-2-7-16(17)21(25)23-14-19(20-10-5-13-26-20)24-12-11-15-6-1-4-9-18(15)24/h1-10,13,19H,11-12,14H2,(H,23,25)/t19-/m0/s1. The zero-order valence-corrected chi connectivity index (χ0v) is 14.2. The number of fused-ring (bicyclic) bond motifs is 1. The van der Waals surface area contributed by atoms with Crippen LogP contribution in [0.3, 0.4) is 0 Å². The van der Waals surface area contributed by atoms with Gasteiger partial charge < -0.3 is 14.6 Å². The minimum atomic E-state index is -0.522. The molecular weight excluding hydrogens is 331 g/mol. The number of nitrogens with one attached hydrogen (secondary N) is 1. The van der Waals surface area contributed by atoms with E-state index in [1.165, 1.54) is 17.7 Å². The molecule has 0 bridgehead atoms. The van der Waals surface area contributed by atoms with E-state index in [0.29, 0.717) is 6.54 Å². The number of anilines is 1. The maximum atomic E-state index is 13.8. The third-order valence-corrected chi connectivity index (χ3v) is 4.75. The van der Waals surface area contributed by atoms with Crippen molar-refractivity contribution in [3.8, 4) is 0 Å². The van der Waals surface area contributed by atoms with E-state index in [4.69, 9.17) is 4.42 Å². The van der Waals surface area contributed by atoms with Gasteiger partial charge in [0.2, 0.25) is 0 Å². The van der Waals surface area contributed by atoms with Gasteiger partial charge in [0.15, 0.2) is 0 Å². The van der Waals surface area contributed by atoms with E-state index in [9.17, 15) is 9.18 Å². The van der Waals surface area contributed by atoms with Crippen molar-refractivity contribution >= 4 is 11.6 Å². The smallest absolute Gasteiger partial charge is 0.254 e. The molecule has 1 atom stereocenters. The average molecular weight is 350 g/mol. The Kier molecular flexibility index (Phi) is 4.44. The van der Waals surface area contributed by atoms with Crippen LogP contribution in [-0.4, -0.2) is 19.0 Å². The number of carbonyl (C=O) groups is 1. The number of rotatable bonds is 5. The number of nitrogens with zero attached hydrogens (tertiary/aromatic N) is 1. The Balaban J connectivity index is 1.56. The summed E-state index contributed by atoms with van der Waals surface area (Å²) < 4.78 is 19.5. The molecular formula is C21H19FN2O2. The van der Waals surface area contributed by atoms with E-state index >= 15 is 0 Å². The molecule has 1 aliphatic rings. The van der Waals surface area contributed by atoms with Gasteiger partial charge in [-0.25, -0.2) is 4.39 Å². The Morgan fingerprint density at radius 1 is 1.12 bits per heavy atom. The van der Waals surface area contributed by atoms with Gasteiger partial charge in [-0.05, 0) is 42.3 Å². The van der Waals surface area contributed by atoms with Crippen LogP contribution < -0.4 is 10.2 Å². The Morgan fingerprint density at radius 2 is 1.92 bits per heavy atom. The molecule has 3 aromatic rings. The lowest BCUT2D eigenvalue weighted by Crippen LogP contribution is -2.37. The summed E-state index contributed by atoms with van der Waals surface area (Å²) in [7, 11) is 0. The Labute approximate surface area is 151 Å². The predicted molar refractivity (Wildman–Crippen MR) is 97.7 cm³/mol. The van der Waals surface area contributed by atoms with E-state index in [1.807, 2.05) is 24.3 Å². The van der Waals surface area contributed by atoms with Crippen molar-refractivity contribution in [1.82, 2.24) is 5.32 Å². The number of furan rings is 1. The SMILES string of the molecule is O=C(NC[C@@H](c1ccco1)N1CCc2ccccc21)c1ccccc1F. The molecule has 26 heavy (non-hydrogen) atoms. The minimum Gasteiger partial charge on any atom is -0.467 e. The fourth-order valence-corrected chi connectivity index (χ4v) is 3.46. The fraction of sp³-hybridized carbons (Fsp3) is 0.190. The maximum absolute atomic E-state index is 13.8. The van der Waals surface area contributed by atoms with Crippen molar-refractivity contribution in [2.75, 3.05) is 18.0 Å². The lowest BCUT2D eigenvalue weighted by molar-refractivity contribution is 0.0946. The first kappa shape index (κ1) is 16.4. The molecule has 0 aliphatic carbocycles. The zero-order chi connectivity index (χ0) is 17.9. The molecule has 0 radical (unpaired) electrons. The van der Waals surface area contributed by atoms with Crippen molar-refractivity contribution < 1.29 is 13.6 Å². The van der Waals surface area contributed by atoms with Crippen molar-refractivity contribution in [3.05, 3.63) is 89.6 Å². The molecule has 0 saturated carbocycles. The molecule has 0 saturated heterocycles. The quantitative estimate of drug-likeness (QED) is 0.758. The van der Waals surface area contributed by atoms with Crippen LogP contribution in [0.1, 0.15) is 27.7 Å². The summed E-state index contributed by atoms with van der Waals surface area (Å²) in [5.41, 5.74) is 2.48. The van der Waals surface area contributed by atoms with Crippen molar-refractivity contribution in [2.24, 2.45) is 0 Å². The van der Waals surface area contributed by atoms with Gasteiger partial charge in [-0.1, -0.05) is 30.3 Å².